The molecule has 1 aliphatic heterocycles. The summed E-state index contributed by atoms with van der Waals surface area (Å²) in [5, 5.41) is 9.71. The molecule has 1 fully saturated rings. The molecule has 28 heavy (non-hydrogen) atoms. The molecule has 6 heteroatoms. The van der Waals surface area contributed by atoms with Crippen molar-refractivity contribution in [2.24, 2.45) is 0 Å². The standard InChI is InChI=1S/C22H21NO3S2/c1-14(2)17-10-8-16(9-11-17)13-19-20(24)23(22(27)28-19)18(21(25)26)12-15-6-4-3-5-7-15/h3-11,13-14,18H,12H2,1-2H3,(H,25,26)/b19-13-/t18-/m1/s1. The van der Waals surface area contributed by atoms with E-state index in [0.717, 1.165) is 22.9 Å². The fourth-order valence-electron chi connectivity index (χ4n) is 3.00. The van der Waals surface area contributed by atoms with Crippen LogP contribution in [0.25, 0.3) is 6.08 Å². The summed E-state index contributed by atoms with van der Waals surface area (Å²) in [7, 11) is 0. The minimum Gasteiger partial charge on any atom is -0.480 e. The van der Waals surface area contributed by atoms with Crippen LogP contribution in [-0.2, 0) is 16.0 Å². The van der Waals surface area contributed by atoms with Gasteiger partial charge in [0.05, 0.1) is 4.91 Å². The quantitative estimate of drug-likeness (QED) is 0.551. The van der Waals surface area contributed by atoms with Crippen molar-refractivity contribution in [3.05, 3.63) is 76.2 Å². The Kier molecular flexibility index (Phi) is 6.31. The Hall–Kier alpha value is -2.44. The summed E-state index contributed by atoms with van der Waals surface area (Å²) in [5.41, 5.74) is 2.95. The maximum Gasteiger partial charge on any atom is 0.327 e. The number of aliphatic carboxylic acids is 1. The molecule has 0 saturated carbocycles. The van der Waals surface area contributed by atoms with Crippen molar-refractivity contribution >= 4 is 46.3 Å². The summed E-state index contributed by atoms with van der Waals surface area (Å²) >= 11 is 6.49. The van der Waals surface area contributed by atoms with E-state index in [1.807, 2.05) is 54.6 Å². The summed E-state index contributed by atoms with van der Waals surface area (Å²) in [5.74, 6) is -0.990. The third-order valence-corrected chi connectivity index (χ3v) is 5.92. The van der Waals surface area contributed by atoms with Gasteiger partial charge in [-0.25, -0.2) is 4.79 Å². The average Bonchev–Trinajstić information content (AvgIpc) is 2.94. The van der Waals surface area contributed by atoms with Gasteiger partial charge in [-0.05, 0) is 28.7 Å². The van der Waals surface area contributed by atoms with Gasteiger partial charge >= 0.3 is 5.97 Å². The Bertz CT molecular complexity index is 921. The number of carboxylic acids is 1. The number of thiocarbonyl (C=S) groups is 1. The number of carbonyl (C=O) groups is 2. The van der Waals surface area contributed by atoms with Crippen molar-refractivity contribution < 1.29 is 14.7 Å². The summed E-state index contributed by atoms with van der Waals surface area (Å²) in [6.45, 7) is 4.25. The van der Waals surface area contributed by atoms with Crippen molar-refractivity contribution in [3.63, 3.8) is 0 Å². The SMILES string of the molecule is CC(C)c1ccc(/C=C2\SC(=S)N([C@H](Cc3ccccc3)C(=O)O)C2=O)cc1. The van der Waals surface area contributed by atoms with Crippen LogP contribution < -0.4 is 0 Å². The summed E-state index contributed by atoms with van der Waals surface area (Å²) < 4.78 is 0.276. The number of hydrogen-bond donors (Lipinski definition) is 1. The maximum atomic E-state index is 12.9. The molecule has 0 unspecified atom stereocenters. The Labute approximate surface area is 174 Å². The first-order valence-electron chi connectivity index (χ1n) is 9.00. The van der Waals surface area contributed by atoms with Crippen LogP contribution in [0.3, 0.4) is 0 Å². The highest BCUT2D eigenvalue weighted by Crippen LogP contribution is 2.35. The Morgan fingerprint density at radius 2 is 1.79 bits per heavy atom. The highest BCUT2D eigenvalue weighted by molar-refractivity contribution is 8.26. The Balaban J connectivity index is 1.84. The molecule has 0 spiro atoms. The topological polar surface area (TPSA) is 57.6 Å². The number of carboxylic acid groups (broad SMARTS) is 1. The first-order valence-corrected chi connectivity index (χ1v) is 10.2. The third kappa shape index (κ3) is 4.51. The van der Waals surface area contributed by atoms with Crippen LogP contribution >= 0.6 is 24.0 Å². The van der Waals surface area contributed by atoms with Gasteiger partial charge in [0.2, 0.25) is 0 Å². The lowest BCUT2D eigenvalue weighted by molar-refractivity contribution is -0.145. The van der Waals surface area contributed by atoms with E-state index in [4.69, 9.17) is 12.2 Å². The number of hydrogen-bond acceptors (Lipinski definition) is 4. The summed E-state index contributed by atoms with van der Waals surface area (Å²) in [6, 6.07) is 16.2. The molecule has 0 aromatic heterocycles. The second kappa shape index (κ2) is 8.71. The molecule has 1 N–H and O–H groups in total. The molecule has 1 heterocycles. The lowest BCUT2D eigenvalue weighted by Crippen LogP contribution is -2.45. The molecular weight excluding hydrogens is 390 g/mol. The minimum absolute atomic E-state index is 0.207. The predicted octanol–water partition coefficient (Wildman–Crippen LogP) is 4.71. The third-order valence-electron chi connectivity index (χ3n) is 4.59. The number of nitrogens with zero attached hydrogens (tertiary/aromatic N) is 1. The van der Waals surface area contributed by atoms with Crippen LogP contribution in [0.15, 0.2) is 59.5 Å². The first kappa shape index (κ1) is 20.3. The fourth-order valence-corrected chi connectivity index (χ4v) is 4.36. The van der Waals surface area contributed by atoms with Gasteiger partial charge in [-0.1, -0.05) is 92.4 Å². The van der Waals surface area contributed by atoms with Crippen molar-refractivity contribution in [1.29, 1.82) is 0 Å². The molecule has 1 saturated heterocycles. The predicted molar refractivity (Wildman–Crippen MR) is 117 cm³/mol. The molecule has 2 aromatic rings. The molecule has 144 valence electrons. The second-order valence-corrected chi connectivity index (χ2v) is 8.59. The van der Waals surface area contributed by atoms with Gasteiger partial charge in [-0.3, -0.25) is 9.69 Å². The van der Waals surface area contributed by atoms with Gasteiger partial charge in [0.1, 0.15) is 10.4 Å². The molecular formula is C22H21NO3S2. The van der Waals surface area contributed by atoms with E-state index in [1.165, 1.54) is 10.5 Å². The largest absolute Gasteiger partial charge is 0.480 e. The van der Waals surface area contributed by atoms with Gasteiger partial charge in [-0.2, -0.15) is 0 Å². The van der Waals surface area contributed by atoms with E-state index in [-0.39, 0.29) is 16.6 Å². The van der Waals surface area contributed by atoms with Crippen molar-refractivity contribution in [2.45, 2.75) is 32.2 Å². The molecule has 3 rings (SSSR count). The first-order chi connectivity index (χ1) is 13.4. The monoisotopic (exact) mass is 411 g/mol. The van der Waals surface area contributed by atoms with Crippen molar-refractivity contribution in [1.82, 2.24) is 4.90 Å². The highest BCUT2D eigenvalue weighted by atomic mass is 32.2. The fraction of sp³-hybridized carbons (Fsp3) is 0.227. The van der Waals surface area contributed by atoms with E-state index in [0.29, 0.717) is 10.8 Å². The number of carbonyl (C=O) groups excluding carboxylic acids is 1. The Morgan fingerprint density at radius 3 is 2.36 bits per heavy atom. The van der Waals surface area contributed by atoms with Gasteiger partial charge < -0.3 is 5.11 Å². The van der Waals surface area contributed by atoms with E-state index >= 15 is 0 Å². The molecule has 2 aromatic carbocycles. The average molecular weight is 412 g/mol. The normalized spacial score (nSPS) is 16.8. The van der Waals surface area contributed by atoms with Gasteiger partial charge in [0.25, 0.3) is 5.91 Å². The molecule has 1 amide bonds. The van der Waals surface area contributed by atoms with E-state index < -0.39 is 12.0 Å². The molecule has 4 nitrogen and oxygen atoms in total. The van der Waals surface area contributed by atoms with Crippen LogP contribution in [0.2, 0.25) is 0 Å². The van der Waals surface area contributed by atoms with Crippen molar-refractivity contribution in [2.75, 3.05) is 0 Å². The van der Waals surface area contributed by atoms with Crippen LogP contribution in [-0.4, -0.2) is 32.2 Å². The molecule has 1 aliphatic rings. The van der Waals surface area contributed by atoms with Gasteiger partial charge in [0.15, 0.2) is 0 Å². The van der Waals surface area contributed by atoms with Crippen LogP contribution in [0, 0.1) is 0 Å². The van der Waals surface area contributed by atoms with Crippen LogP contribution in [0.1, 0.15) is 36.5 Å². The molecule has 0 radical (unpaired) electrons. The molecule has 0 aliphatic carbocycles. The lowest BCUT2D eigenvalue weighted by Gasteiger charge is -2.23. The zero-order valence-corrected chi connectivity index (χ0v) is 17.3. The zero-order valence-electron chi connectivity index (χ0n) is 15.7. The maximum absolute atomic E-state index is 12.9. The Morgan fingerprint density at radius 1 is 1.14 bits per heavy atom. The van der Waals surface area contributed by atoms with Crippen LogP contribution in [0.5, 0.6) is 0 Å². The van der Waals surface area contributed by atoms with E-state index in [9.17, 15) is 14.7 Å². The highest BCUT2D eigenvalue weighted by Gasteiger charge is 2.40. The van der Waals surface area contributed by atoms with Gasteiger partial charge in [-0.15, -0.1) is 0 Å². The zero-order chi connectivity index (χ0) is 20.3. The number of rotatable bonds is 6. The molecule has 0 bridgehead atoms. The number of thioether (sulfide) groups is 1. The van der Waals surface area contributed by atoms with Crippen LogP contribution in [0.4, 0.5) is 0 Å². The van der Waals surface area contributed by atoms with E-state index in [2.05, 4.69) is 13.8 Å². The van der Waals surface area contributed by atoms with E-state index in [1.54, 1.807) is 6.08 Å². The lowest BCUT2D eigenvalue weighted by atomic mass is 10.0. The summed E-state index contributed by atoms with van der Waals surface area (Å²) in [4.78, 5) is 26.5. The summed E-state index contributed by atoms with van der Waals surface area (Å²) in [6.07, 6.45) is 1.98. The van der Waals surface area contributed by atoms with Gasteiger partial charge in [0, 0.05) is 6.42 Å². The second-order valence-electron chi connectivity index (χ2n) is 6.92. The number of benzene rings is 2. The molecule has 1 atom stereocenters. The smallest absolute Gasteiger partial charge is 0.327 e. The minimum atomic E-state index is -1.07. The number of amides is 1. The van der Waals surface area contributed by atoms with Crippen molar-refractivity contribution in [3.8, 4) is 0 Å².